The predicted molar refractivity (Wildman–Crippen MR) is 81.4 cm³/mol. The second-order valence-corrected chi connectivity index (χ2v) is 6.37. The molecule has 0 aromatic carbocycles. The van der Waals surface area contributed by atoms with Crippen LogP contribution in [0.15, 0.2) is 0 Å². The number of carbonyl (C=O) groups excluding carboxylic acids is 2. The van der Waals surface area contributed by atoms with E-state index in [2.05, 4.69) is 12.2 Å². The van der Waals surface area contributed by atoms with Crippen molar-refractivity contribution < 1.29 is 9.59 Å². The molecule has 0 aromatic rings. The largest absolute Gasteiger partial charge is 0.343 e. The third kappa shape index (κ3) is 4.22. The van der Waals surface area contributed by atoms with Gasteiger partial charge in [0.25, 0.3) is 0 Å². The molecule has 2 amide bonds. The molecule has 1 N–H and O–H groups in total. The smallest absolute Gasteiger partial charge is 0.246 e. The molecule has 0 bridgehead atoms. The van der Waals surface area contributed by atoms with E-state index >= 15 is 0 Å². The molecule has 1 heterocycles. The Labute approximate surface area is 123 Å². The lowest BCUT2D eigenvalue weighted by molar-refractivity contribution is -0.154. The van der Waals surface area contributed by atoms with Crippen LogP contribution in [0.5, 0.6) is 0 Å². The molecule has 4 nitrogen and oxygen atoms in total. The highest BCUT2D eigenvalue weighted by Gasteiger charge is 2.44. The topological polar surface area (TPSA) is 49.4 Å². The van der Waals surface area contributed by atoms with Crippen molar-refractivity contribution in [3.8, 4) is 0 Å². The molecule has 0 saturated carbocycles. The molecule has 0 aromatic heterocycles. The van der Waals surface area contributed by atoms with E-state index in [1.54, 1.807) is 11.8 Å². The van der Waals surface area contributed by atoms with Gasteiger partial charge in [-0.1, -0.05) is 45.4 Å². The van der Waals surface area contributed by atoms with Gasteiger partial charge in [-0.05, 0) is 27.2 Å². The van der Waals surface area contributed by atoms with Crippen molar-refractivity contribution in [3.63, 3.8) is 0 Å². The zero-order valence-corrected chi connectivity index (χ0v) is 13.5. The molecule has 1 rings (SSSR count). The number of unbranched alkanes of at least 4 members (excludes halogenated alkanes) is 6. The van der Waals surface area contributed by atoms with Gasteiger partial charge in [-0.3, -0.25) is 9.59 Å². The van der Waals surface area contributed by atoms with Gasteiger partial charge in [-0.2, -0.15) is 0 Å². The minimum absolute atomic E-state index is 0.0422. The van der Waals surface area contributed by atoms with Crippen LogP contribution < -0.4 is 5.32 Å². The van der Waals surface area contributed by atoms with Crippen LogP contribution in [0.25, 0.3) is 0 Å². The number of nitrogens with zero attached hydrogens (tertiary/aromatic N) is 1. The third-order valence-corrected chi connectivity index (χ3v) is 4.20. The Hall–Kier alpha value is -1.06. The Morgan fingerprint density at radius 2 is 1.60 bits per heavy atom. The highest BCUT2D eigenvalue weighted by molar-refractivity contribution is 5.99. The van der Waals surface area contributed by atoms with Crippen molar-refractivity contribution in [1.29, 1.82) is 0 Å². The van der Waals surface area contributed by atoms with E-state index in [1.165, 1.54) is 32.1 Å². The minimum atomic E-state index is -0.716. The van der Waals surface area contributed by atoms with E-state index in [0.29, 0.717) is 6.54 Å². The summed E-state index contributed by atoms with van der Waals surface area (Å²) in [5, 5.41) is 2.74. The first-order valence-electron chi connectivity index (χ1n) is 8.03. The molecular weight excluding hydrogens is 252 g/mol. The molecule has 20 heavy (non-hydrogen) atoms. The number of rotatable bonds is 8. The number of hydrogen-bond donors (Lipinski definition) is 1. The fraction of sp³-hybridized carbons (Fsp3) is 0.875. The Morgan fingerprint density at radius 3 is 2.20 bits per heavy atom. The molecule has 116 valence electrons. The van der Waals surface area contributed by atoms with Gasteiger partial charge in [0.1, 0.15) is 11.6 Å². The van der Waals surface area contributed by atoms with E-state index in [0.717, 1.165) is 12.8 Å². The lowest BCUT2D eigenvalue weighted by Crippen LogP contribution is -2.67. The molecule has 1 aliphatic rings. The van der Waals surface area contributed by atoms with Crippen molar-refractivity contribution in [2.75, 3.05) is 6.54 Å². The first-order chi connectivity index (χ1) is 9.41. The molecule has 0 radical (unpaired) electrons. The number of amides is 2. The maximum atomic E-state index is 12.2. The summed E-state index contributed by atoms with van der Waals surface area (Å²) in [7, 11) is 0. The van der Waals surface area contributed by atoms with Crippen molar-refractivity contribution in [2.24, 2.45) is 0 Å². The standard InChI is InChI=1S/C16H30N2O2/c1-5-6-7-8-9-10-11-12-18-14(19)13(2)17-15(20)16(18,3)4/h13H,5-12H2,1-4H3,(H,17,20). The van der Waals surface area contributed by atoms with Gasteiger partial charge in [0.2, 0.25) is 11.8 Å². The minimum Gasteiger partial charge on any atom is -0.343 e. The third-order valence-electron chi connectivity index (χ3n) is 4.20. The molecule has 0 aliphatic carbocycles. The number of carbonyl (C=O) groups is 2. The van der Waals surface area contributed by atoms with Gasteiger partial charge < -0.3 is 10.2 Å². The predicted octanol–water partition coefficient (Wildman–Crippen LogP) is 2.86. The summed E-state index contributed by atoms with van der Waals surface area (Å²) in [6, 6.07) is -0.389. The van der Waals surface area contributed by atoms with E-state index in [1.807, 2.05) is 13.8 Å². The van der Waals surface area contributed by atoms with Gasteiger partial charge in [-0.15, -0.1) is 0 Å². The maximum absolute atomic E-state index is 12.2. The van der Waals surface area contributed by atoms with Crippen molar-refractivity contribution in [1.82, 2.24) is 10.2 Å². The van der Waals surface area contributed by atoms with Crippen molar-refractivity contribution in [2.45, 2.75) is 84.2 Å². The zero-order valence-electron chi connectivity index (χ0n) is 13.5. The molecule has 1 saturated heterocycles. The van der Waals surface area contributed by atoms with Gasteiger partial charge >= 0.3 is 0 Å². The van der Waals surface area contributed by atoms with Crippen LogP contribution in [0.2, 0.25) is 0 Å². The van der Waals surface area contributed by atoms with Crippen LogP contribution in [0.1, 0.15) is 72.6 Å². The Balaban J connectivity index is 2.36. The fourth-order valence-electron chi connectivity index (χ4n) is 2.68. The van der Waals surface area contributed by atoms with Crippen LogP contribution in [0, 0.1) is 0 Å². The number of piperazine rings is 1. The van der Waals surface area contributed by atoms with E-state index in [4.69, 9.17) is 0 Å². The summed E-state index contributed by atoms with van der Waals surface area (Å²) in [6.07, 6.45) is 8.52. The summed E-state index contributed by atoms with van der Waals surface area (Å²) in [5.74, 6) is -0.00636. The van der Waals surface area contributed by atoms with Crippen molar-refractivity contribution in [3.05, 3.63) is 0 Å². The zero-order chi connectivity index (χ0) is 15.2. The van der Waals surface area contributed by atoms with E-state index in [9.17, 15) is 9.59 Å². The average molecular weight is 282 g/mol. The average Bonchev–Trinajstić information content (AvgIpc) is 2.39. The molecule has 1 unspecified atom stereocenters. The quantitative estimate of drug-likeness (QED) is 0.696. The first-order valence-corrected chi connectivity index (χ1v) is 8.03. The molecule has 0 spiro atoms. The normalized spacial score (nSPS) is 22.0. The van der Waals surface area contributed by atoms with Crippen LogP contribution in [-0.4, -0.2) is 34.8 Å². The second kappa shape index (κ2) is 7.65. The van der Waals surface area contributed by atoms with Crippen LogP contribution >= 0.6 is 0 Å². The fourth-order valence-corrected chi connectivity index (χ4v) is 2.68. The molecule has 1 aliphatic heterocycles. The SMILES string of the molecule is CCCCCCCCCN1C(=O)C(C)NC(=O)C1(C)C. The molecule has 4 heteroatoms. The van der Waals surface area contributed by atoms with E-state index in [-0.39, 0.29) is 17.9 Å². The van der Waals surface area contributed by atoms with Gasteiger partial charge in [0, 0.05) is 6.54 Å². The lowest BCUT2D eigenvalue weighted by atomic mass is 9.95. The lowest BCUT2D eigenvalue weighted by Gasteiger charge is -2.43. The molecular formula is C16H30N2O2. The monoisotopic (exact) mass is 282 g/mol. The highest BCUT2D eigenvalue weighted by Crippen LogP contribution is 2.22. The maximum Gasteiger partial charge on any atom is 0.246 e. The summed E-state index contributed by atoms with van der Waals surface area (Å²) < 4.78 is 0. The van der Waals surface area contributed by atoms with Crippen LogP contribution in [0.4, 0.5) is 0 Å². The Morgan fingerprint density at radius 1 is 1.05 bits per heavy atom. The van der Waals surface area contributed by atoms with Gasteiger partial charge in [-0.25, -0.2) is 0 Å². The van der Waals surface area contributed by atoms with Gasteiger partial charge in [0.05, 0.1) is 0 Å². The Kier molecular flexibility index (Phi) is 6.50. The first kappa shape index (κ1) is 17.0. The second-order valence-electron chi connectivity index (χ2n) is 6.37. The summed E-state index contributed by atoms with van der Waals surface area (Å²) in [5.41, 5.74) is -0.716. The highest BCUT2D eigenvalue weighted by atomic mass is 16.2. The number of hydrogen-bond acceptors (Lipinski definition) is 2. The molecule has 1 fully saturated rings. The summed E-state index contributed by atoms with van der Waals surface area (Å²) in [4.78, 5) is 25.9. The summed E-state index contributed by atoms with van der Waals surface area (Å²) in [6.45, 7) is 8.32. The number of nitrogens with one attached hydrogen (secondary N) is 1. The van der Waals surface area contributed by atoms with Crippen molar-refractivity contribution >= 4 is 11.8 Å². The Bertz CT molecular complexity index is 339. The van der Waals surface area contributed by atoms with Gasteiger partial charge in [0.15, 0.2) is 0 Å². The summed E-state index contributed by atoms with van der Waals surface area (Å²) >= 11 is 0. The van der Waals surface area contributed by atoms with Crippen LogP contribution in [0.3, 0.4) is 0 Å². The van der Waals surface area contributed by atoms with E-state index < -0.39 is 5.54 Å². The van der Waals surface area contributed by atoms with Crippen LogP contribution in [-0.2, 0) is 9.59 Å². The molecule has 1 atom stereocenters.